The topological polar surface area (TPSA) is 116 Å². The van der Waals surface area contributed by atoms with E-state index in [9.17, 15) is 22.8 Å². The first-order chi connectivity index (χ1) is 13.5. The van der Waals surface area contributed by atoms with Gasteiger partial charge in [0.15, 0.2) is 0 Å². The number of benzene rings is 1. The van der Waals surface area contributed by atoms with Gasteiger partial charge in [-0.05, 0) is 30.0 Å². The van der Waals surface area contributed by atoms with Crippen LogP contribution in [0.15, 0.2) is 24.3 Å². The van der Waals surface area contributed by atoms with Gasteiger partial charge in [-0.3, -0.25) is 9.59 Å². The Balaban J connectivity index is 1.87. The van der Waals surface area contributed by atoms with Crippen LogP contribution in [0.4, 0.5) is 10.5 Å². The Morgan fingerprint density at radius 1 is 1.21 bits per heavy atom. The normalized spacial score (nSPS) is 17.2. The molecular formula is C19H28N4O5S. The van der Waals surface area contributed by atoms with Gasteiger partial charge in [-0.1, -0.05) is 26.0 Å². The first kappa shape index (κ1) is 22.8. The highest BCUT2D eigenvalue weighted by molar-refractivity contribution is 7.89. The summed E-state index contributed by atoms with van der Waals surface area (Å²) in [5.74, 6) is -0.646. The highest BCUT2D eigenvalue weighted by atomic mass is 32.2. The molecule has 1 aliphatic heterocycles. The molecule has 1 aromatic carbocycles. The molecule has 0 spiro atoms. The summed E-state index contributed by atoms with van der Waals surface area (Å²) in [5, 5.41) is 5.12. The molecule has 29 heavy (non-hydrogen) atoms. The van der Waals surface area contributed by atoms with Crippen molar-refractivity contribution in [2.24, 2.45) is 0 Å². The standard InChI is InChI=1S/C19H28N4O5S/c1-13(2)14-5-7-15(8-6-14)23-18(25)16(21-19(23)26)9-10-17(24)20-11-12-29(27,28)22(3)4/h5-8,13,16H,9-12H2,1-4H3,(H,20,24)(H,21,26). The summed E-state index contributed by atoms with van der Waals surface area (Å²) in [4.78, 5) is 37.8. The van der Waals surface area contributed by atoms with Crippen molar-refractivity contribution in [3.8, 4) is 0 Å². The molecule has 1 fully saturated rings. The minimum atomic E-state index is -3.39. The lowest BCUT2D eigenvalue weighted by Crippen LogP contribution is -2.35. The molecule has 10 heteroatoms. The quantitative estimate of drug-likeness (QED) is 0.574. The minimum Gasteiger partial charge on any atom is -0.355 e. The van der Waals surface area contributed by atoms with Crippen LogP contribution in [-0.2, 0) is 19.6 Å². The van der Waals surface area contributed by atoms with Gasteiger partial charge in [0.1, 0.15) is 6.04 Å². The molecule has 0 saturated carbocycles. The van der Waals surface area contributed by atoms with Gasteiger partial charge in [-0.15, -0.1) is 0 Å². The number of carbonyl (C=O) groups is 3. The van der Waals surface area contributed by atoms with Crippen molar-refractivity contribution < 1.29 is 22.8 Å². The van der Waals surface area contributed by atoms with E-state index in [-0.39, 0.29) is 31.0 Å². The number of sulfonamides is 1. The van der Waals surface area contributed by atoms with Crippen molar-refractivity contribution in [3.63, 3.8) is 0 Å². The van der Waals surface area contributed by atoms with Gasteiger partial charge in [-0.2, -0.15) is 0 Å². The number of imide groups is 1. The SMILES string of the molecule is CC(C)c1ccc(N2C(=O)NC(CCC(=O)NCCS(=O)(=O)N(C)C)C2=O)cc1. The van der Waals surface area contributed by atoms with Gasteiger partial charge >= 0.3 is 6.03 Å². The number of hydrogen-bond acceptors (Lipinski definition) is 5. The van der Waals surface area contributed by atoms with Crippen LogP contribution in [0.2, 0.25) is 0 Å². The van der Waals surface area contributed by atoms with Crippen LogP contribution in [0.3, 0.4) is 0 Å². The van der Waals surface area contributed by atoms with E-state index < -0.39 is 28.0 Å². The fourth-order valence-corrected chi connectivity index (χ4v) is 3.57. The Morgan fingerprint density at radius 2 is 1.83 bits per heavy atom. The fraction of sp³-hybridized carbons (Fsp3) is 0.526. The number of anilines is 1. The van der Waals surface area contributed by atoms with Crippen molar-refractivity contribution in [2.75, 3.05) is 31.3 Å². The van der Waals surface area contributed by atoms with Gasteiger partial charge in [0.25, 0.3) is 5.91 Å². The molecule has 0 aliphatic carbocycles. The highest BCUT2D eigenvalue weighted by Crippen LogP contribution is 2.24. The van der Waals surface area contributed by atoms with E-state index in [1.165, 1.54) is 14.1 Å². The molecule has 0 aromatic heterocycles. The average Bonchev–Trinajstić information content (AvgIpc) is 2.93. The number of nitrogens with one attached hydrogen (secondary N) is 2. The second-order valence-corrected chi connectivity index (χ2v) is 9.71. The van der Waals surface area contributed by atoms with Crippen LogP contribution in [0.5, 0.6) is 0 Å². The molecule has 1 heterocycles. The van der Waals surface area contributed by atoms with Crippen molar-refractivity contribution in [1.82, 2.24) is 14.9 Å². The fourth-order valence-electron chi connectivity index (χ4n) is 2.85. The third kappa shape index (κ3) is 5.77. The highest BCUT2D eigenvalue weighted by Gasteiger charge is 2.38. The van der Waals surface area contributed by atoms with Gasteiger partial charge in [0.05, 0.1) is 11.4 Å². The molecule has 160 valence electrons. The number of urea groups is 1. The Morgan fingerprint density at radius 3 is 2.38 bits per heavy atom. The maximum Gasteiger partial charge on any atom is 0.329 e. The predicted molar refractivity (Wildman–Crippen MR) is 110 cm³/mol. The molecule has 9 nitrogen and oxygen atoms in total. The molecule has 0 radical (unpaired) electrons. The van der Waals surface area contributed by atoms with Crippen molar-refractivity contribution in [1.29, 1.82) is 0 Å². The summed E-state index contributed by atoms with van der Waals surface area (Å²) < 4.78 is 24.4. The van der Waals surface area contributed by atoms with Crippen LogP contribution in [0.25, 0.3) is 0 Å². The molecule has 1 atom stereocenters. The lowest BCUT2D eigenvalue weighted by molar-refractivity contribution is -0.121. The molecule has 2 rings (SSSR count). The maximum absolute atomic E-state index is 12.6. The van der Waals surface area contributed by atoms with Crippen LogP contribution in [-0.4, -0.2) is 63.0 Å². The van der Waals surface area contributed by atoms with E-state index in [0.29, 0.717) is 11.6 Å². The third-order valence-electron chi connectivity index (χ3n) is 4.74. The Kier molecular flexibility index (Phi) is 7.37. The van der Waals surface area contributed by atoms with Gasteiger partial charge in [0.2, 0.25) is 15.9 Å². The Labute approximate surface area is 171 Å². The van der Waals surface area contributed by atoms with Gasteiger partial charge in [0, 0.05) is 27.1 Å². The van der Waals surface area contributed by atoms with Crippen molar-refractivity contribution >= 4 is 33.6 Å². The van der Waals surface area contributed by atoms with Gasteiger partial charge in [-0.25, -0.2) is 22.4 Å². The maximum atomic E-state index is 12.6. The van der Waals surface area contributed by atoms with Crippen LogP contribution in [0, 0.1) is 0 Å². The van der Waals surface area contributed by atoms with Crippen LogP contribution >= 0.6 is 0 Å². The summed E-state index contributed by atoms with van der Waals surface area (Å²) in [7, 11) is -0.538. The monoisotopic (exact) mass is 424 g/mol. The molecule has 0 bridgehead atoms. The molecule has 4 amide bonds. The lowest BCUT2D eigenvalue weighted by atomic mass is 10.0. The van der Waals surface area contributed by atoms with E-state index in [4.69, 9.17) is 0 Å². The Bertz CT molecular complexity index is 865. The zero-order valence-electron chi connectivity index (χ0n) is 17.1. The first-order valence-corrected chi connectivity index (χ1v) is 11.0. The zero-order chi connectivity index (χ0) is 21.8. The number of carbonyl (C=O) groups excluding carboxylic acids is 3. The van der Waals surface area contributed by atoms with Crippen molar-refractivity contribution in [3.05, 3.63) is 29.8 Å². The van der Waals surface area contributed by atoms with E-state index in [1.807, 2.05) is 12.1 Å². The van der Waals surface area contributed by atoms with E-state index in [0.717, 1.165) is 14.8 Å². The molecule has 2 N–H and O–H groups in total. The second-order valence-electron chi connectivity index (χ2n) is 7.41. The molecule has 1 aromatic rings. The number of amides is 4. The summed E-state index contributed by atoms with van der Waals surface area (Å²) in [6.45, 7) is 4.10. The third-order valence-corrected chi connectivity index (χ3v) is 6.57. The van der Waals surface area contributed by atoms with Crippen LogP contribution in [0.1, 0.15) is 38.2 Å². The molecule has 1 aliphatic rings. The number of rotatable bonds is 9. The van der Waals surface area contributed by atoms with Crippen LogP contribution < -0.4 is 15.5 Å². The zero-order valence-corrected chi connectivity index (χ0v) is 18.0. The van der Waals surface area contributed by atoms with E-state index >= 15 is 0 Å². The number of hydrogen-bond donors (Lipinski definition) is 2. The first-order valence-electron chi connectivity index (χ1n) is 9.44. The minimum absolute atomic E-state index is 0.00116. The summed E-state index contributed by atoms with van der Waals surface area (Å²) in [5.41, 5.74) is 1.59. The summed E-state index contributed by atoms with van der Waals surface area (Å²) in [6.07, 6.45) is 0.135. The largest absolute Gasteiger partial charge is 0.355 e. The van der Waals surface area contributed by atoms with Gasteiger partial charge < -0.3 is 10.6 Å². The second kappa shape index (κ2) is 9.36. The molecule has 1 saturated heterocycles. The summed E-state index contributed by atoms with van der Waals surface area (Å²) in [6, 6.07) is 5.91. The average molecular weight is 425 g/mol. The lowest BCUT2D eigenvalue weighted by Gasteiger charge is -2.14. The predicted octanol–water partition coefficient (Wildman–Crippen LogP) is 1.02. The Hall–Kier alpha value is -2.46. The van der Waals surface area contributed by atoms with Crippen molar-refractivity contribution in [2.45, 2.75) is 38.6 Å². The summed E-state index contributed by atoms with van der Waals surface area (Å²) >= 11 is 0. The molecule has 1 unspecified atom stereocenters. The van der Waals surface area contributed by atoms with E-state index in [1.54, 1.807) is 12.1 Å². The molecular weight excluding hydrogens is 396 g/mol. The smallest absolute Gasteiger partial charge is 0.329 e. The number of nitrogens with zero attached hydrogens (tertiary/aromatic N) is 2. The van der Waals surface area contributed by atoms with E-state index in [2.05, 4.69) is 24.5 Å².